The number of nitrogens with one attached hydrogen (secondary N) is 2. The molecule has 0 saturated carbocycles. The van der Waals surface area contributed by atoms with Gasteiger partial charge in [0.05, 0.1) is 17.9 Å². The van der Waals surface area contributed by atoms with E-state index in [4.69, 9.17) is 4.74 Å². The van der Waals surface area contributed by atoms with Gasteiger partial charge in [0.25, 0.3) is 5.56 Å². The Balaban J connectivity index is 2.47. The van der Waals surface area contributed by atoms with Crippen LogP contribution in [0.5, 0.6) is 5.75 Å². The standard InChI is InChI=1S/C22H31N3O3/c1-5-9-10-20(26)23-15-11-12-19(28-13-6-2)17(14-15)21-24-18(8-4)16(7-3)22(27)25-21/h11-12,14H,5-10,13H2,1-4H3,(H,23,26)(H,24,25,27). The van der Waals surface area contributed by atoms with Gasteiger partial charge in [-0.2, -0.15) is 0 Å². The van der Waals surface area contributed by atoms with Crippen LogP contribution in [0.2, 0.25) is 0 Å². The molecule has 0 atom stereocenters. The van der Waals surface area contributed by atoms with Crippen molar-refractivity contribution in [2.45, 2.75) is 66.2 Å². The van der Waals surface area contributed by atoms with E-state index >= 15 is 0 Å². The van der Waals surface area contributed by atoms with Crippen LogP contribution < -0.4 is 15.6 Å². The number of hydrogen-bond acceptors (Lipinski definition) is 4. The zero-order chi connectivity index (χ0) is 20.5. The molecule has 0 spiro atoms. The van der Waals surface area contributed by atoms with E-state index in [1.54, 1.807) is 0 Å². The van der Waals surface area contributed by atoms with E-state index in [0.717, 1.165) is 25.0 Å². The number of unbranched alkanes of at least 4 members (excludes halogenated alkanes) is 1. The number of nitrogens with zero attached hydrogens (tertiary/aromatic N) is 1. The first-order valence-corrected chi connectivity index (χ1v) is 10.2. The van der Waals surface area contributed by atoms with Crippen molar-refractivity contribution in [2.75, 3.05) is 11.9 Å². The third kappa shape index (κ3) is 5.44. The minimum Gasteiger partial charge on any atom is -0.493 e. The molecule has 0 fully saturated rings. The van der Waals surface area contributed by atoms with Gasteiger partial charge in [-0.25, -0.2) is 4.98 Å². The quantitative estimate of drug-likeness (QED) is 0.631. The number of hydrogen-bond donors (Lipinski definition) is 2. The van der Waals surface area contributed by atoms with Crippen molar-refractivity contribution in [2.24, 2.45) is 0 Å². The summed E-state index contributed by atoms with van der Waals surface area (Å²) >= 11 is 0. The zero-order valence-corrected chi connectivity index (χ0v) is 17.4. The molecule has 2 aromatic rings. The Morgan fingerprint density at radius 2 is 1.93 bits per heavy atom. The van der Waals surface area contributed by atoms with Crippen molar-refractivity contribution in [1.29, 1.82) is 0 Å². The van der Waals surface area contributed by atoms with Crippen LogP contribution in [0.25, 0.3) is 11.4 Å². The van der Waals surface area contributed by atoms with Crippen LogP contribution in [0, 0.1) is 0 Å². The number of carbonyl (C=O) groups is 1. The van der Waals surface area contributed by atoms with Crippen LogP contribution in [0.1, 0.15) is 64.6 Å². The van der Waals surface area contributed by atoms with E-state index in [-0.39, 0.29) is 11.5 Å². The fraction of sp³-hybridized carbons (Fsp3) is 0.500. The summed E-state index contributed by atoms with van der Waals surface area (Å²) in [4.78, 5) is 32.2. The largest absolute Gasteiger partial charge is 0.493 e. The molecule has 0 aliphatic carbocycles. The molecule has 1 aromatic heterocycles. The summed E-state index contributed by atoms with van der Waals surface area (Å²) in [7, 11) is 0. The SMILES string of the molecule is CCCCC(=O)Nc1ccc(OCCC)c(-c2nc(CC)c(CC)c(=O)[nH]2)c1. The maximum atomic E-state index is 12.5. The van der Waals surface area contributed by atoms with Gasteiger partial charge < -0.3 is 15.0 Å². The van der Waals surface area contributed by atoms with Crippen LogP contribution in [-0.2, 0) is 17.6 Å². The number of aryl methyl sites for hydroxylation is 1. The minimum absolute atomic E-state index is 0.0212. The lowest BCUT2D eigenvalue weighted by molar-refractivity contribution is -0.116. The molecular formula is C22H31N3O3. The zero-order valence-electron chi connectivity index (χ0n) is 17.4. The van der Waals surface area contributed by atoms with E-state index in [2.05, 4.69) is 22.2 Å². The van der Waals surface area contributed by atoms with Gasteiger partial charge in [-0.1, -0.05) is 34.1 Å². The first-order chi connectivity index (χ1) is 13.5. The Hall–Kier alpha value is -2.63. The predicted molar refractivity (Wildman–Crippen MR) is 113 cm³/mol. The number of H-pyrrole nitrogens is 1. The van der Waals surface area contributed by atoms with E-state index in [1.165, 1.54) is 0 Å². The average Bonchev–Trinajstić information content (AvgIpc) is 2.70. The van der Waals surface area contributed by atoms with Crippen LogP contribution in [0.15, 0.2) is 23.0 Å². The molecule has 1 aromatic carbocycles. The van der Waals surface area contributed by atoms with Crippen molar-refractivity contribution in [3.05, 3.63) is 39.8 Å². The minimum atomic E-state index is -0.122. The highest BCUT2D eigenvalue weighted by atomic mass is 16.5. The van der Waals surface area contributed by atoms with Gasteiger partial charge in [-0.3, -0.25) is 9.59 Å². The lowest BCUT2D eigenvalue weighted by Crippen LogP contribution is -2.18. The highest BCUT2D eigenvalue weighted by Crippen LogP contribution is 2.31. The smallest absolute Gasteiger partial charge is 0.254 e. The Morgan fingerprint density at radius 1 is 1.14 bits per heavy atom. The third-order valence-electron chi connectivity index (χ3n) is 4.53. The first-order valence-electron chi connectivity index (χ1n) is 10.2. The van der Waals surface area contributed by atoms with E-state index < -0.39 is 0 Å². The lowest BCUT2D eigenvalue weighted by Gasteiger charge is -2.14. The highest BCUT2D eigenvalue weighted by Gasteiger charge is 2.15. The maximum absolute atomic E-state index is 12.5. The highest BCUT2D eigenvalue weighted by molar-refractivity contribution is 5.91. The second kappa shape index (κ2) is 10.6. The average molecular weight is 386 g/mol. The summed E-state index contributed by atoms with van der Waals surface area (Å²) in [5, 5.41) is 2.92. The number of aromatic nitrogens is 2. The molecule has 6 heteroatoms. The molecule has 0 aliphatic rings. The third-order valence-corrected chi connectivity index (χ3v) is 4.53. The summed E-state index contributed by atoms with van der Waals surface area (Å²) in [6.07, 6.45) is 4.49. The van der Waals surface area contributed by atoms with Gasteiger partial charge in [0.1, 0.15) is 11.6 Å². The summed E-state index contributed by atoms with van der Waals surface area (Å²) in [5.74, 6) is 1.09. The number of benzene rings is 1. The number of aromatic amines is 1. The van der Waals surface area contributed by atoms with Gasteiger partial charge >= 0.3 is 0 Å². The maximum Gasteiger partial charge on any atom is 0.254 e. The molecule has 0 aliphatic heterocycles. The van der Waals surface area contributed by atoms with Gasteiger partial charge in [-0.15, -0.1) is 0 Å². The molecule has 28 heavy (non-hydrogen) atoms. The Morgan fingerprint density at radius 3 is 2.57 bits per heavy atom. The van der Waals surface area contributed by atoms with Crippen molar-refractivity contribution < 1.29 is 9.53 Å². The van der Waals surface area contributed by atoms with Crippen LogP contribution in [0.3, 0.4) is 0 Å². The van der Waals surface area contributed by atoms with Crippen LogP contribution in [0.4, 0.5) is 5.69 Å². The molecule has 6 nitrogen and oxygen atoms in total. The van der Waals surface area contributed by atoms with Crippen molar-refractivity contribution in [3.8, 4) is 17.1 Å². The molecule has 1 heterocycles. The Kier molecular flexibility index (Phi) is 8.23. The van der Waals surface area contributed by atoms with Crippen molar-refractivity contribution >= 4 is 11.6 Å². The molecule has 0 saturated heterocycles. The van der Waals surface area contributed by atoms with Crippen molar-refractivity contribution in [3.63, 3.8) is 0 Å². The molecule has 2 N–H and O–H groups in total. The molecular weight excluding hydrogens is 354 g/mol. The number of anilines is 1. The number of ether oxygens (including phenoxy) is 1. The normalized spacial score (nSPS) is 10.7. The van der Waals surface area contributed by atoms with Gasteiger partial charge in [0.2, 0.25) is 5.91 Å². The monoisotopic (exact) mass is 385 g/mol. The Labute approximate surface area is 166 Å². The van der Waals surface area contributed by atoms with Crippen molar-refractivity contribution in [1.82, 2.24) is 9.97 Å². The molecule has 0 radical (unpaired) electrons. The number of carbonyl (C=O) groups excluding carboxylic acids is 1. The summed E-state index contributed by atoms with van der Waals surface area (Å²) in [6, 6.07) is 5.45. The first kappa shape index (κ1) is 21.7. The van der Waals surface area contributed by atoms with E-state index in [1.807, 2.05) is 39.0 Å². The molecule has 0 bridgehead atoms. The van der Waals surface area contributed by atoms with E-state index in [0.29, 0.717) is 54.3 Å². The molecule has 1 amide bonds. The van der Waals surface area contributed by atoms with E-state index in [9.17, 15) is 9.59 Å². The summed E-state index contributed by atoms with van der Waals surface area (Å²) in [5.41, 5.74) is 2.73. The molecule has 2 rings (SSSR count). The fourth-order valence-corrected chi connectivity index (χ4v) is 3.02. The second-order valence-corrected chi connectivity index (χ2v) is 6.76. The van der Waals surface area contributed by atoms with Gasteiger partial charge in [-0.05, 0) is 43.9 Å². The molecule has 0 unspecified atom stereocenters. The fourth-order valence-electron chi connectivity index (χ4n) is 3.02. The van der Waals surface area contributed by atoms with Gasteiger partial charge in [0, 0.05) is 17.7 Å². The van der Waals surface area contributed by atoms with Crippen LogP contribution in [-0.4, -0.2) is 22.5 Å². The van der Waals surface area contributed by atoms with Crippen LogP contribution >= 0.6 is 0 Å². The van der Waals surface area contributed by atoms with Gasteiger partial charge in [0.15, 0.2) is 0 Å². The number of rotatable bonds is 10. The molecule has 152 valence electrons. The second-order valence-electron chi connectivity index (χ2n) is 6.76. The summed E-state index contributed by atoms with van der Waals surface area (Å²) < 4.78 is 5.86. The Bertz CT molecular complexity index is 859. The predicted octanol–water partition coefficient (Wildman–Crippen LogP) is 4.48. The topological polar surface area (TPSA) is 84.1 Å². The lowest BCUT2D eigenvalue weighted by atomic mass is 10.1. The summed E-state index contributed by atoms with van der Waals surface area (Å²) in [6.45, 7) is 8.59. The number of amides is 1.